The number of hydrogen-bond acceptors (Lipinski definition) is 5. The van der Waals surface area contributed by atoms with Gasteiger partial charge in [-0.25, -0.2) is 0 Å². The maximum atomic E-state index is 12.4. The predicted octanol–water partition coefficient (Wildman–Crippen LogP) is 5.08. The molecule has 0 bridgehead atoms. The molecule has 0 aliphatic heterocycles. The fourth-order valence-electron chi connectivity index (χ4n) is 3.03. The van der Waals surface area contributed by atoms with Gasteiger partial charge in [0.2, 0.25) is 5.91 Å². The number of aromatic nitrogens is 3. The summed E-state index contributed by atoms with van der Waals surface area (Å²) in [4.78, 5) is 12.4. The first kappa shape index (κ1) is 21.0. The zero-order valence-corrected chi connectivity index (χ0v) is 18.0. The summed E-state index contributed by atoms with van der Waals surface area (Å²) in [5.74, 6) is 0.672. The Hall–Kier alpha value is -3.29. The summed E-state index contributed by atoms with van der Waals surface area (Å²) in [6, 6.07) is 23.8. The van der Waals surface area contributed by atoms with E-state index in [1.54, 1.807) is 42.5 Å². The number of amides is 1. The van der Waals surface area contributed by atoms with Crippen LogP contribution in [0.25, 0.3) is 11.4 Å². The molecule has 1 amide bonds. The van der Waals surface area contributed by atoms with Crippen molar-refractivity contribution in [1.29, 1.82) is 0 Å². The van der Waals surface area contributed by atoms with Crippen LogP contribution in [0.5, 0.6) is 5.75 Å². The molecular weight excluding hydrogens is 432 g/mol. The maximum Gasteiger partial charge on any atom is 0.234 e. The first-order chi connectivity index (χ1) is 15.1. The van der Waals surface area contributed by atoms with Crippen LogP contribution in [0.1, 0.15) is 5.56 Å². The van der Waals surface area contributed by atoms with E-state index in [0.717, 1.165) is 5.56 Å². The molecule has 0 spiro atoms. The van der Waals surface area contributed by atoms with E-state index >= 15 is 0 Å². The topological polar surface area (TPSA) is 80.0 Å². The molecule has 0 aliphatic rings. The average molecular weight is 451 g/mol. The number of halogens is 1. The van der Waals surface area contributed by atoms with Crippen LogP contribution < -0.4 is 5.32 Å². The van der Waals surface area contributed by atoms with Gasteiger partial charge in [0.15, 0.2) is 11.0 Å². The molecule has 0 aliphatic carbocycles. The third-order valence-corrected chi connectivity index (χ3v) is 5.72. The van der Waals surface area contributed by atoms with Gasteiger partial charge in [-0.2, -0.15) is 0 Å². The summed E-state index contributed by atoms with van der Waals surface area (Å²) in [5.41, 5.74) is 2.32. The van der Waals surface area contributed by atoms with Gasteiger partial charge in [-0.15, -0.1) is 10.2 Å². The second kappa shape index (κ2) is 9.68. The van der Waals surface area contributed by atoms with Gasteiger partial charge in [0.25, 0.3) is 0 Å². The first-order valence-corrected chi connectivity index (χ1v) is 10.9. The fourth-order valence-corrected chi connectivity index (χ4v) is 3.89. The summed E-state index contributed by atoms with van der Waals surface area (Å²) in [5, 5.41) is 22.9. The van der Waals surface area contributed by atoms with Crippen LogP contribution >= 0.6 is 23.4 Å². The summed E-state index contributed by atoms with van der Waals surface area (Å²) in [7, 11) is 0. The minimum absolute atomic E-state index is 0.126. The van der Waals surface area contributed by atoms with Crippen LogP contribution in [0.4, 0.5) is 5.69 Å². The minimum Gasteiger partial charge on any atom is -0.507 e. The molecule has 0 atom stereocenters. The van der Waals surface area contributed by atoms with Crippen LogP contribution in [0.2, 0.25) is 5.02 Å². The summed E-state index contributed by atoms with van der Waals surface area (Å²) >= 11 is 7.17. The molecule has 1 heterocycles. The molecule has 0 unspecified atom stereocenters. The summed E-state index contributed by atoms with van der Waals surface area (Å²) < 4.78 is 1.91. The van der Waals surface area contributed by atoms with Crippen molar-refractivity contribution in [1.82, 2.24) is 14.8 Å². The van der Waals surface area contributed by atoms with Crippen LogP contribution in [-0.4, -0.2) is 31.5 Å². The normalized spacial score (nSPS) is 10.7. The van der Waals surface area contributed by atoms with Crippen molar-refractivity contribution < 1.29 is 9.90 Å². The number of nitrogens with one attached hydrogen (secondary N) is 1. The zero-order chi connectivity index (χ0) is 21.6. The number of rotatable bonds is 7. The Morgan fingerprint density at radius 1 is 0.968 bits per heavy atom. The number of aromatic hydroxyl groups is 1. The Labute approximate surface area is 188 Å². The van der Waals surface area contributed by atoms with Crippen molar-refractivity contribution in [3.05, 3.63) is 89.4 Å². The SMILES string of the molecule is O=C(CSc1nnc(-c2ccccc2O)n1Cc1ccccc1)Nc1ccc(Cl)cc1. The van der Waals surface area contributed by atoms with Gasteiger partial charge in [-0.3, -0.25) is 9.36 Å². The third-order valence-electron chi connectivity index (χ3n) is 4.51. The van der Waals surface area contributed by atoms with Crippen molar-refractivity contribution in [2.45, 2.75) is 11.7 Å². The number of carbonyl (C=O) groups is 1. The van der Waals surface area contributed by atoms with Crippen molar-refractivity contribution in [2.75, 3.05) is 11.1 Å². The molecule has 0 radical (unpaired) electrons. The highest BCUT2D eigenvalue weighted by Gasteiger charge is 2.18. The Balaban J connectivity index is 1.56. The van der Waals surface area contributed by atoms with Gasteiger partial charge in [0, 0.05) is 10.7 Å². The molecule has 0 saturated heterocycles. The zero-order valence-electron chi connectivity index (χ0n) is 16.4. The number of carbonyl (C=O) groups excluding carboxylic acids is 1. The highest BCUT2D eigenvalue weighted by Crippen LogP contribution is 2.30. The summed E-state index contributed by atoms with van der Waals surface area (Å²) in [6.07, 6.45) is 0. The highest BCUT2D eigenvalue weighted by molar-refractivity contribution is 7.99. The predicted molar refractivity (Wildman–Crippen MR) is 123 cm³/mol. The molecule has 3 aromatic carbocycles. The van der Waals surface area contributed by atoms with E-state index in [1.165, 1.54) is 11.8 Å². The van der Waals surface area contributed by atoms with E-state index < -0.39 is 0 Å². The Morgan fingerprint density at radius 2 is 1.68 bits per heavy atom. The number of hydrogen-bond donors (Lipinski definition) is 2. The number of nitrogens with zero attached hydrogens (tertiary/aromatic N) is 3. The first-order valence-electron chi connectivity index (χ1n) is 9.54. The van der Waals surface area contributed by atoms with Gasteiger partial charge >= 0.3 is 0 Å². The standard InChI is InChI=1S/C23H19ClN4O2S/c24-17-10-12-18(13-11-17)25-21(30)15-31-23-27-26-22(19-8-4-5-9-20(19)29)28(23)14-16-6-2-1-3-7-16/h1-13,29H,14-15H2,(H,25,30). The van der Waals surface area contributed by atoms with Crippen molar-refractivity contribution in [3.63, 3.8) is 0 Å². The Kier molecular flexibility index (Phi) is 6.54. The molecule has 156 valence electrons. The maximum absolute atomic E-state index is 12.4. The largest absolute Gasteiger partial charge is 0.507 e. The lowest BCUT2D eigenvalue weighted by Gasteiger charge is -2.11. The quantitative estimate of drug-likeness (QED) is 0.384. The van der Waals surface area contributed by atoms with Crippen LogP contribution in [0.15, 0.2) is 84.0 Å². The molecule has 31 heavy (non-hydrogen) atoms. The Bertz CT molecular complexity index is 1180. The van der Waals surface area contributed by atoms with E-state index in [0.29, 0.717) is 33.8 Å². The van der Waals surface area contributed by atoms with E-state index in [2.05, 4.69) is 15.5 Å². The Morgan fingerprint density at radius 3 is 2.42 bits per heavy atom. The third kappa shape index (κ3) is 5.25. The molecule has 2 N–H and O–H groups in total. The van der Waals surface area contributed by atoms with Gasteiger partial charge in [0.05, 0.1) is 17.9 Å². The van der Waals surface area contributed by atoms with Gasteiger partial charge < -0.3 is 10.4 Å². The van der Waals surface area contributed by atoms with E-state index in [-0.39, 0.29) is 17.4 Å². The van der Waals surface area contributed by atoms with Gasteiger partial charge in [-0.1, -0.05) is 65.8 Å². The average Bonchev–Trinajstić information content (AvgIpc) is 3.17. The lowest BCUT2D eigenvalue weighted by atomic mass is 10.1. The van der Waals surface area contributed by atoms with Gasteiger partial charge in [0.1, 0.15) is 5.75 Å². The van der Waals surface area contributed by atoms with E-state index in [4.69, 9.17) is 11.6 Å². The highest BCUT2D eigenvalue weighted by atomic mass is 35.5. The second-order valence-corrected chi connectivity index (χ2v) is 8.12. The second-order valence-electron chi connectivity index (χ2n) is 6.74. The lowest BCUT2D eigenvalue weighted by molar-refractivity contribution is -0.113. The monoisotopic (exact) mass is 450 g/mol. The van der Waals surface area contributed by atoms with Gasteiger partial charge in [-0.05, 0) is 42.0 Å². The van der Waals surface area contributed by atoms with Crippen molar-refractivity contribution in [2.24, 2.45) is 0 Å². The molecule has 0 saturated carbocycles. The molecule has 4 rings (SSSR count). The molecular formula is C23H19ClN4O2S. The van der Waals surface area contributed by atoms with Crippen LogP contribution in [0.3, 0.4) is 0 Å². The number of phenolic OH excluding ortho intramolecular Hbond substituents is 1. The minimum atomic E-state index is -0.161. The number of anilines is 1. The fraction of sp³-hybridized carbons (Fsp3) is 0.0870. The molecule has 8 heteroatoms. The summed E-state index contributed by atoms with van der Waals surface area (Å²) in [6.45, 7) is 0.513. The van der Waals surface area contributed by atoms with Crippen molar-refractivity contribution in [3.8, 4) is 17.1 Å². The molecule has 4 aromatic rings. The molecule has 1 aromatic heterocycles. The lowest BCUT2D eigenvalue weighted by Crippen LogP contribution is -2.14. The van der Waals surface area contributed by atoms with E-state index in [1.807, 2.05) is 41.0 Å². The van der Waals surface area contributed by atoms with Crippen LogP contribution in [-0.2, 0) is 11.3 Å². The molecule has 0 fully saturated rings. The van der Waals surface area contributed by atoms with E-state index in [9.17, 15) is 9.90 Å². The number of phenols is 1. The number of para-hydroxylation sites is 1. The van der Waals surface area contributed by atoms with Crippen LogP contribution in [0, 0.1) is 0 Å². The smallest absolute Gasteiger partial charge is 0.234 e. The number of benzene rings is 3. The molecule has 6 nitrogen and oxygen atoms in total. The van der Waals surface area contributed by atoms with Crippen molar-refractivity contribution >= 4 is 35.0 Å². The number of thioether (sulfide) groups is 1.